The zero-order valence-electron chi connectivity index (χ0n) is 18.6. The molecular formula is C21H33F3N4O2. The molecule has 1 atom stereocenters. The number of aliphatic imine (C=N–C) groups is 1. The molecule has 1 aliphatic rings. The summed E-state index contributed by atoms with van der Waals surface area (Å²) in [6.07, 6.45) is -4.20. The average molecular weight is 431 g/mol. The Balaban J connectivity index is 1.99. The highest BCUT2D eigenvalue weighted by atomic mass is 19.4. The Morgan fingerprint density at radius 1 is 1.10 bits per heavy atom. The normalized spacial score (nSPS) is 17.6. The van der Waals surface area contributed by atoms with Gasteiger partial charge in [-0.3, -0.25) is 9.89 Å². The molecule has 0 aliphatic carbocycles. The van der Waals surface area contributed by atoms with Gasteiger partial charge >= 0.3 is 6.18 Å². The first-order chi connectivity index (χ1) is 14.0. The summed E-state index contributed by atoms with van der Waals surface area (Å²) in [6.45, 7) is 7.73. The summed E-state index contributed by atoms with van der Waals surface area (Å²) in [7, 11) is 4.90. The van der Waals surface area contributed by atoms with Crippen LogP contribution in [0.2, 0.25) is 0 Å². The van der Waals surface area contributed by atoms with E-state index in [1.807, 2.05) is 23.1 Å². The molecular weight excluding hydrogens is 397 g/mol. The van der Waals surface area contributed by atoms with Crippen molar-refractivity contribution < 1.29 is 22.6 Å². The zero-order valence-corrected chi connectivity index (χ0v) is 18.6. The first-order valence-electron chi connectivity index (χ1n) is 10.0. The highest BCUT2D eigenvalue weighted by Gasteiger charge is 2.41. The first kappa shape index (κ1) is 24.1. The molecule has 0 radical (unpaired) electrons. The molecule has 170 valence electrons. The predicted octanol–water partition coefficient (Wildman–Crippen LogP) is 3.13. The number of guanidine groups is 1. The number of rotatable bonds is 6. The third-order valence-corrected chi connectivity index (χ3v) is 5.70. The van der Waals surface area contributed by atoms with Crippen LogP contribution >= 0.6 is 0 Å². The van der Waals surface area contributed by atoms with E-state index in [9.17, 15) is 13.2 Å². The highest BCUT2D eigenvalue weighted by molar-refractivity contribution is 5.80. The van der Waals surface area contributed by atoms with Crippen molar-refractivity contribution in [3.63, 3.8) is 0 Å². The number of benzene rings is 1. The maximum atomic E-state index is 13.0. The quantitative estimate of drug-likeness (QED) is 0.555. The predicted molar refractivity (Wildman–Crippen MR) is 113 cm³/mol. The Hall–Kier alpha value is -2.16. The second-order valence-corrected chi connectivity index (χ2v) is 8.10. The molecule has 2 rings (SSSR count). The molecule has 6 nitrogen and oxygen atoms in total. The third kappa shape index (κ3) is 5.71. The summed E-state index contributed by atoms with van der Waals surface area (Å²) in [4.78, 5) is 7.81. The van der Waals surface area contributed by atoms with Crippen LogP contribution in [-0.2, 0) is 5.41 Å². The van der Waals surface area contributed by atoms with Gasteiger partial charge < -0.3 is 19.7 Å². The van der Waals surface area contributed by atoms with E-state index in [4.69, 9.17) is 9.47 Å². The topological polar surface area (TPSA) is 49.3 Å². The van der Waals surface area contributed by atoms with Gasteiger partial charge in [-0.25, -0.2) is 0 Å². The molecule has 0 spiro atoms. The average Bonchev–Trinajstić information content (AvgIpc) is 2.72. The molecule has 1 fully saturated rings. The number of nitrogens with one attached hydrogen (secondary N) is 1. The fraction of sp³-hybridized carbons (Fsp3) is 0.667. The summed E-state index contributed by atoms with van der Waals surface area (Å²) in [5, 5.41) is 3.38. The van der Waals surface area contributed by atoms with Crippen LogP contribution in [0.15, 0.2) is 23.2 Å². The number of hydrogen-bond donors (Lipinski definition) is 1. The lowest BCUT2D eigenvalue weighted by atomic mass is 9.84. The van der Waals surface area contributed by atoms with E-state index in [-0.39, 0.29) is 5.41 Å². The molecule has 1 heterocycles. The van der Waals surface area contributed by atoms with Gasteiger partial charge in [0.2, 0.25) is 0 Å². The van der Waals surface area contributed by atoms with Crippen LogP contribution in [0.25, 0.3) is 0 Å². The van der Waals surface area contributed by atoms with Gasteiger partial charge in [-0.05, 0) is 24.6 Å². The van der Waals surface area contributed by atoms with Crippen LogP contribution in [0.3, 0.4) is 0 Å². The van der Waals surface area contributed by atoms with Crippen molar-refractivity contribution in [2.45, 2.75) is 38.4 Å². The van der Waals surface area contributed by atoms with Crippen LogP contribution in [0.5, 0.6) is 11.5 Å². The van der Waals surface area contributed by atoms with E-state index >= 15 is 0 Å². The highest BCUT2D eigenvalue weighted by Crippen LogP contribution is 2.33. The van der Waals surface area contributed by atoms with Crippen LogP contribution in [-0.4, -0.2) is 82.0 Å². The lowest BCUT2D eigenvalue weighted by Crippen LogP contribution is -2.57. The van der Waals surface area contributed by atoms with Gasteiger partial charge in [0.15, 0.2) is 17.5 Å². The number of hydrogen-bond acceptors (Lipinski definition) is 4. The van der Waals surface area contributed by atoms with Gasteiger partial charge in [-0.1, -0.05) is 19.9 Å². The fourth-order valence-corrected chi connectivity index (χ4v) is 3.52. The first-order valence-corrected chi connectivity index (χ1v) is 10.0. The Morgan fingerprint density at radius 2 is 1.70 bits per heavy atom. The molecule has 0 bridgehead atoms. The summed E-state index contributed by atoms with van der Waals surface area (Å²) < 4.78 is 49.6. The molecule has 0 aromatic heterocycles. The second kappa shape index (κ2) is 9.76. The van der Waals surface area contributed by atoms with Crippen LogP contribution in [0, 0.1) is 0 Å². The van der Waals surface area contributed by atoms with Gasteiger partial charge in [0.1, 0.15) is 6.04 Å². The minimum atomic E-state index is -4.20. The third-order valence-electron chi connectivity index (χ3n) is 5.70. The monoisotopic (exact) mass is 430 g/mol. The van der Waals surface area contributed by atoms with E-state index in [0.29, 0.717) is 50.2 Å². The second-order valence-electron chi connectivity index (χ2n) is 8.10. The maximum Gasteiger partial charge on any atom is 0.403 e. The molecule has 1 N–H and O–H groups in total. The summed E-state index contributed by atoms with van der Waals surface area (Å²) in [5.74, 6) is 2.04. The minimum Gasteiger partial charge on any atom is -0.493 e. The van der Waals surface area contributed by atoms with Crippen molar-refractivity contribution in [3.8, 4) is 11.5 Å². The Labute approximate surface area is 177 Å². The summed E-state index contributed by atoms with van der Waals surface area (Å²) >= 11 is 0. The van der Waals surface area contributed by atoms with Crippen LogP contribution < -0.4 is 14.8 Å². The number of halogens is 3. The number of ether oxygens (including phenoxy) is 2. The summed E-state index contributed by atoms with van der Waals surface area (Å²) in [6, 6.07) is 4.41. The largest absolute Gasteiger partial charge is 0.493 e. The molecule has 1 aromatic carbocycles. The van der Waals surface area contributed by atoms with Crippen LogP contribution in [0.1, 0.15) is 26.3 Å². The van der Waals surface area contributed by atoms with E-state index in [2.05, 4.69) is 24.2 Å². The smallest absolute Gasteiger partial charge is 0.403 e. The van der Waals surface area contributed by atoms with E-state index in [1.54, 1.807) is 21.3 Å². The molecule has 1 aromatic rings. The Kier molecular flexibility index (Phi) is 7.85. The van der Waals surface area contributed by atoms with Gasteiger partial charge in [0, 0.05) is 45.2 Å². The molecule has 1 saturated heterocycles. The lowest BCUT2D eigenvalue weighted by molar-refractivity contribution is -0.181. The Bertz CT molecular complexity index is 729. The van der Waals surface area contributed by atoms with Gasteiger partial charge in [-0.15, -0.1) is 0 Å². The zero-order chi connectivity index (χ0) is 22.5. The van der Waals surface area contributed by atoms with Gasteiger partial charge in [0.25, 0.3) is 0 Å². The van der Waals surface area contributed by atoms with Crippen molar-refractivity contribution in [1.29, 1.82) is 0 Å². The van der Waals surface area contributed by atoms with Crippen molar-refractivity contribution in [2.24, 2.45) is 4.99 Å². The molecule has 1 aliphatic heterocycles. The number of methoxy groups -OCH3 is 2. The standard InChI is InChI=1S/C21H33F3N4O2/c1-15(21(22,23)24)27-9-11-28(12-10-27)19(25-4)26-14-20(2,3)16-7-8-17(29-5)18(13-16)30-6/h7-8,13,15H,9-12,14H2,1-6H3,(H,25,26). The molecule has 9 heteroatoms. The minimum absolute atomic E-state index is 0.234. The molecule has 30 heavy (non-hydrogen) atoms. The fourth-order valence-electron chi connectivity index (χ4n) is 3.52. The van der Waals surface area contributed by atoms with Crippen LogP contribution in [0.4, 0.5) is 13.2 Å². The lowest BCUT2D eigenvalue weighted by Gasteiger charge is -2.40. The van der Waals surface area contributed by atoms with Crippen molar-refractivity contribution >= 4 is 5.96 Å². The summed E-state index contributed by atoms with van der Waals surface area (Å²) in [5.41, 5.74) is 0.842. The number of piperazine rings is 1. The van der Waals surface area contributed by atoms with E-state index in [0.717, 1.165) is 5.56 Å². The SMILES string of the molecule is CN=C(NCC(C)(C)c1ccc(OC)c(OC)c1)N1CCN(C(C)C(F)(F)F)CC1. The van der Waals surface area contributed by atoms with Crippen molar-refractivity contribution in [3.05, 3.63) is 23.8 Å². The van der Waals surface area contributed by atoms with Gasteiger partial charge in [-0.2, -0.15) is 13.2 Å². The number of alkyl halides is 3. The molecule has 0 saturated carbocycles. The van der Waals surface area contributed by atoms with Crippen molar-refractivity contribution in [1.82, 2.24) is 15.1 Å². The number of nitrogens with zero attached hydrogens (tertiary/aromatic N) is 3. The van der Waals surface area contributed by atoms with E-state index in [1.165, 1.54) is 11.8 Å². The van der Waals surface area contributed by atoms with E-state index < -0.39 is 12.2 Å². The maximum absolute atomic E-state index is 13.0. The molecule has 0 amide bonds. The molecule has 1 unspecified atom stereocenters. The van der Waals surface area contributed by atoms with Crippen molar-refractivity contribution in [2.75, 3.05) is 54.0 Å². The Morgan fingerprint density at radius 3 is 2.20 bits per heavy atom. The van der Waals surface area contributed by atoms with Gasteiger partial charge in [0.05, 0.1) is 14.2 Å².